The molecule has 3 aliphatic rings. The van der Waals surface area contributed by atoms with Gasteiger partial charge in [-0.3, -0.25) is 29.4 Å². The molecular weight excluding hydrogens is 364 g/mol. The Balaban J connectivity index is 1.56. The molecule has 148 valence electrons. The highest BCUT2D eigenvalue weighted by Crippen LogP contribution is 2.30. The normalized spacial score (nSPS) is 30.0. The molecule has 1 aromatic rings. The van der Waals surface area contributed by atoms with Gasteiger partial charge < -0.3 is 16.2 Å². The Kier molecular flexibility index (Phi) is 4.74. The maximum atomic E-state index is 13.0. The van der Waals surface area contributed by atoms with Crippen molar-refractivity contribution in [3.05, 3.63) is 34.9 Å². The summed E-state index contributed by atoms with van der Waals surface area (Å²) in [7, 11) is 0. The number of imide groups is 2. The third-order valence-electron chi connectivity index (χ3n) is 5.67. The molecule has 2 aliphatic heterocycles. The Morgan fingerprint density at radius 1 is 1.18 bits per heavy atom. The van der Waals surface area contributed by atoms with E-state index in [1.807, 2.05) is 0 Å². The number of piperidine rings is 1. The Morgan fingerprint density at radius 3 is 2.64 bits per heavy atom. The highest BCUT2D eigenvalue weighted by atomic mass is 16.3. The van der Waals surface area contributed by atoms with Crippen molar-refractivity contribution in [2.45, 2.75) is 56.5 Å². The summed E-state index contributed by atoms with van der Waals surface area (Å²) in [6.45, 7) is 0.291. The Bertz CT molecular complexity index is 870. The van der Waals surface area contributed by atoms with Gasteiger partial charge in [-0.1, -0.05) is 12.1 Å². The van der Waals surface area contributed by atoms with Crippen molar-refractivity contribution in [1.82, 2.24) is 15.5 Å². The second kappa shape index (κ2) is 7.08. The van der Waals surface area contributed by atoms with E-state index in [2.05, 4.69) is 10.6 Å². The van der Waals surface area contributed by atoms with Crippen molar-refractivity contribution in [2.75, 3.05) is 0 Å². The Hall–Kier alpha value is -2.62. The van der Waals surface area contributed by atoms with Gasteiger partial charge in [-0.2, -0.15) is 0 Å². The summed E-state index contributed by atoms with van der Waals surface area (Å²) in [6, 6.07) is 3.76. The molecule has 1 unspecified atom stereocenters. The Morgan fingerprint density at radius 2 is 1.96 bits per heavy atom. The number of carbonyl (C=O) groups is 4. The van der Waals surface area contributed by atoms with Crippen LogP contribution in [-0.4, -0.2) is 57.9 Å². The average Bonchev–Trinajstić information content (AvgIpc) is 3.10. The van der Waals surface area contributed by atoms with Gasteiger partial charge in [-0.05, 0) is 30.9 Å². The van der Waals surface area contributed by atoms with E-state index in [0.29, 0.717) is 24.9 Å². The first-order valence-electron chi connectivity index (χ1n) is 9.37. The first-order valence-corrected chi connectivity index (χ1v) is 9.37. The van der Waals surface area contributed by atoms with Crippen molar-refractivity contribution < 1.29 is 24.3 Å². The van der Waals surface area contributed by atoms with Crippen LogP contribution in [0.15, 0.2) is 18.2 Å². The predicted octanol–water partition coefficient (Wildman–Crippen LogP) is -0.972. The standard InChI is InChI=1S/C19H22N4O5/c20-10-6-12(14(24)7-10)21-8-9-2-1-3-11-16(9)19(28)23(18(11)27)13-4-5-15(25)22-17(13)26/h1-3,10,12-14,21,24H,4-8,20H2,(H,22,25,26)/t10-,12-,13?,14-/m0/s1. The molecule has 1 saturated heterocycles. The van der Waals surface area contributed by atoms with Gasteiger partial charge in [0.05, 0.1) is 17.2 Å². The van der Waals surface area contributed by atoms with E-state index < -0.39 is 35.8 Å². The van der Waals surface area contributed by atoms with Gasteiger partial charge in [-0.15, -0.1) is 0 Å². The molecule has 4 atom stereocenters. The smallest absolute Gasteiger partial charge is 0.262 e. The molecule has 2 heterocycles. The van der Waals surface area contributed by atoms with Crippen LogP contribution in [-0.2, 0) is 16.1 Å². The molecular formula is C19H22N4O5. The van der Waals surface area contributed by atoms with Gasteiger partial charge in [-0.25, -0.2) is 0 Å². The van der Waals surface area contributed by atoms with Crippen LogP contribution in [0.4, 0.5) is 0 Å². The second-order valence-corrected chi connectivity index (χ2v) is 7.57. The van der Waals surface area contributed by atoms with Gasteiger partial charge in [0.15, 0.2) is 0 Å². The number of aliphatic hydroxyl groups is 1. The summed E-state index contributed by atoms with van der Waals surface area (Å²) in [4.78, 5) is 50.3. The number of benzene rings is 1. The number of hydrogen-bond donors (Lipinski definition) is 4. The molecule has 28 heavy (non-hydrogen) atoms. The monoisotopic (exact) mass is 386 g/mol. The molecule has 0 bridgehead atoms. The van der Waals surface area contributed by atoms with Crippen LogP contribution in [0.2, 0.25) is 0 Å². The predicted molar refractivity (Wildman–Crippen MR) is 97.0 cm³/mol. The van der Waals surface area contributed by atoms with Gasteiger partial charge >= 0.3 is 0 Å². The summed E-state index contributed by atoms with van der Waals surface area (Å²) >= 11 is 0. The summed E-state index contributed by atoms with van der Waals surface area (Å²) in [5, 5.41) is 15.4. The molecule has 9 heteroatoms. The van der Waals surface area contributed by atoms with Crippen LogP contribution >= 0.6 is 0 Å². The third-order valence-corrected chi connectivity index (χ3v) is 5.67. The molecule has 0 spiro atoms. The highest BCUT2D eigenvalue weighted by Gasteiger charge is 2.45. The number of fused-ring (bicyclic) bond motifs is 1. The molecule has 1 saturated carbocycles. The maximum Gasteiger partial charge on any atom is 0.262 e. The van der Waals surface area contributed by atoms with Crippen LogP contribution in [0, 0.1) is 0 Å². The number of amides is 4. The minimum Gasteiger partial charge on any atom is -0.391 e. The van der Waals surface area contributed by atoms with Crippen molar-refractivity contribution in [3.8, 4) is 0 Å². The van der Waals surface area contributed by atoms with E-state index in [9.17, 15) is 24.3 Å². The lowest BCUT2D eigenvalue weighted by Crippen LogP contribution is -2.54. The molecule has 9 nitrogen and oxygen atoms in total. The summed E-state index contributed by atoms with van der Waals surface area (Å²) in [6.07, 6.45) is 0.800. The van der Waals surface area contributed by atoms with Crippen molar-refractivity contribution in [3.63, 3.8) is 0 Å². The number of hydrogen-bond acceptors (Lipinski definition) is 7. The third kappa shape index (κ3) is 3.11. The lowest BCUT2D eigenvalue weighted by Gasteiger charge is -2.27. The minimum absolute atomic E-state index is 0.0692. The molecule has 0 aromatic heterocycles. The Labute approximate surface area is 161 Å². The maximum absolute atomic E-state index is 13.0. The van der Waals surface area contributed by atoms with Gasteiger partial charge in [0.25, 0.3) is 11.8 Å². The van der Waals surface area contributed by atoms with Crippen LogP contribution in [0.5, 0.6) is 0 Å². The van der Waals surface area contributed by atoms with E-state index >= 15 is 0 Å². The largest absolute Gasteiger partial charge is 0.391 e. The van der Waals surface area contributed by atoms with Crippen LogP contribution in [0.3, 0.4) is 0 Å². The number of nitrogens with zero attached hydrogens (tertiary/aromatic N) is 1. The van der Waals surface area contributed by atoms with Gasteiger partial charge in [0.2, 0.25) is 11.8 Å². The molecule has 1 aromatic carbocycles. The zero-order valence-electron chi connectivity index (χ0n) is 15.2. The van der Waals surface area contributed by atoms with E-state index in [-0.39, 0.29) is 36.1 Å². The number of nitrogens with one attached hydrogen (secondary N) is 2. The second-order valence-electron chi connectivity index (χ2n) is 7.57. The quantitative estimate of drug-likeness (QED) is 0.488. The number of carbonyl (C=O) groups excluding carboxylic acids is 4. The lowest BCUT2D eigenvalue weighted by molar-refractivity contribution is -0.136. The van der Waals surface area contributed by atoms with E-state index in [0.717, 1.165) is 4.90 Å². The average molecular weight is 386 g/mol. The molecule has 2 fully saturated rings. The van der Waals surface area contributed by atoms with Crippen LogP contribution in [0.25, 0.3) is 0 Å². The van der Waals surface area contributed by atoms with Crippen molar-refractivity contribution >= 4 is 23.6 Å². The number of rotatable bonds is 4. The molecule has 5 N–H and O–H groups in total. The number of aliphatic hydroxyl groups excluding tert-OH is 1. The molecule has 4 rings (SSSR count). The zero-order valence-corrected chi connectivity index (χ0v) is 15.2. The SMILES string of the molecule is N[C@H]1C[C@H](NCc2cccc3c2C(=O)N(C2CCC(=O)NC2=O)C3=O)[C@@H](O)C1. The van der Waals surface area contributed by atoms with Crippen molar-refractivity contribution in [1.29, 1.82) is 0 Å². The summed E-state index contributed by atoms with van der Waals surface area (Å²) in [5.74, 6) is -2.10. The van der Waals surface area contributed by atoms with Crippen LogP contribution < -0.4 is 16.4 Å². The zero-order chi connectivity index (χ0) is 20.0. The van der Waals surface area contributed by atoms with Crippen LogP contribution in [0.1, 0.15) is 52.0 Å². The first kappa shape index (κ1) is 18.7. The summed E-state index contributed by atoms with van der Waals surface area (Å²) in [5.41, 5.74) is 7.01. The number of nitrogens with two attached hydrogens (primary N) is 1. The topological polar surface area (TPSA) is 142 Å². The molecule has 0 radical (unpaired) electrons. The fourth-order valence-corrected chi connectivity index (χ4v) is 4.25. The lowest BCUT2D eigenvalue weighted by atomic mass is 10.0. The molecule has 4 amide bonds. The van der Waals surface area contributed by atoms with Crippen molar-refractivity contribution in [2.24, 2.45) is 5.73 Å². The minimum atomic E-state index is -0.986. The fourth-order valence-electron chi connectivity index (χ4n) is 4.25. The van der Waals surface area contributed by atoms with E-state index in [1.54, 1.807) is 18.2 Å². The summed E-state index contributed by atoms with van der Waals surface area (Å²) < 4.78 is 0. The van der Waals surface area contributed by atoms with E-state index in [1.165, 1.54) is 0 Å². The molecule has 1 aliphatic carbocycles. The van der Waals surface area contributed by atoms with Gasteiger partial charge in [0, 0.05) is 25.0 Å². The fraction of sp³-hybridized carbons (Fsp3) is 0.474. The highest BCUT2D eigenvalue weighted by molar-refractivity contribution is 6.24. The van der Waals surface area contributed by atoms with Gasteiger partial charge in [0.1, 0.15) is 6.04 Å². The van der Waals surface area contributed by atoms with E-state index in [4.69, 9.17) is 5.73 Å². The first-order chi connectivity index (χ1) is 13.4.